The molecule has 0 aliphatic rings. The quantitative estimate of drug-likeness (QED) is 0.154. The van der Waals surface area contributed by atoms with Crippen LogP contribution in [-0.2, 0) is 24.8 Å². The number of carbonyl (C=O) groups is 1. The second kappa shape index (κ2) is 12.4. The van der Waals surface area contributed by atoms with Crippen molar-refractivity contribution in [2.45, 2.75) is 35.6 Å². The van der Waals surface area contributed by atoms with Gasteiger partial charge in [0.25, 0.3) is 10.0 Å². The highest BCUT2D eigenvalue weighted by Crippen LogP contribution is 2.23. The molecule has 0 spiro atoms. The van der Waals surface area contributed by atoms with Gasteiger partial charge in [0, 0.05) is 11.6 Å². The van der Waals surface area contributed by atoms with Crippen molar-refractivity contribution in [3.8, 4) is 11.1 Å². The van der Waals surface area contributed by atoms with Crippen LogP contribution in [0.1, 0.15) is 18.4 Å². The van der Waals surface area contributed by atoms with E-state index in [4.69, 9.17) is 17.3 Å². The Morgan fingerprint density at radius 2 is 1.39 bits per heavy atom. The van der Waals surface area contributed by atoms with Crippen molar-refractivity contribution in [2.75, 3.05) is 6.54 Å². The van der Waals surface area contributed by atoms with E-state index in [9.17, 15) is 26.7 Å². The highest BCUT2D eigenvalue weighted by atomic mass is 35.5. The lowest BCUT2D eigenvalue weighted by molar-refractivity contribution is -0.139. The van der Waals surface area contributed by atoms with Crippen molar-refractivity contribution >= 4 is 43.6 Å². The third-order valence-corrected chi connectivity index (χ3v) is 8.55. The number of aliphatic imine (C=N–C) groups is 1. The fourth-order valence-electron chi connectivity index (χ4n) is 3.40. The summed E-state index contributed by atoms with van der Waals surface area (Å²) in [6, 6.07) is 17.8. The van der Waals surface area contributed by atoms with E-state index in [0.29, 0.717) is 5.02 Å². The maximum Gasteiger partial charge on any atom is 0.321 e. The highest BCUT2D eigenvalue weighted by Gasteiger charge is 2.25. The molecule has 0 saturated carbocycles. The van der Waals surface area contributed by atoms with E-state index in [1.165, 1.54) is 24.3 Å². The maximum absolute atomic E-state index is 12.8. The number of nitrogens with zero attached hydrogens (tertiary/aromatic N) is 1. The molecule has 0 aliphatic carbocycles. The molecule has 0 saturated heterocycles. The molecular formula is C25H27ClN4O6S2. The number of halogens is 1. The van der Waals surface area contributed by atoms with Crippen LogP contribution in [0.4, 0.5) is 0 Å². The van der Waals surface area contributed by atoms with E-state index in [-0.39, 0.29) is 35.1 Å². The van der Waals surface area contributed by atoms with Crippen LogP contribution in [0.25, 0.3) is 11.1 Å². The Kier molecular flexibility index (Phi) is 9.50. The second-order valence-corrected chi connectivity index (χ2v) is 12.2. The van der Waals surface area contributed by atoms with Crippen molar-refractivity contribution in [3.05, 3.63) is 83.4 Å². The summed E-state index contributed by atoms with van der Waals surface area (Å²) in [5.41, 5.74) is 8.17. The lowest BCUT2D eigenvalue weighted by Gasteiger charge is -2.15. The topological polar surface area (TPSA) is 168 Å². The van der Waals surface area contributed by atoms with Gasteiger partial charge >= 0.3 is 5.97 Å². The van der Waals surface area contributed by atoms with Crippen LogP contribution in [0.15, 0.2) is 87.6 Å². The molecule has 3 rings (SSSR count). The molecule has 0 unspecified atom stereocenters. The fourth-order valence-corrected chi connectivity index (χ4v) is 5.70. The molecule has 202 valence electrons. The number of nitrogens with two attached hydrogens (primary N) is 1. The summed E-state index contributed by atoms with van der Waals surface area (Å²) in [6.07, 6.45) is 0.0286. The first kappa shape index (κ1) is 29.1. The number of hydrogen-bond acceptors (Lipinski definition) is 6. The van der Waals surface area contributed by atoms with Crippen molar-refractivity contribution in [2.24, 2.45) is 10.7 Å². The number of aliphatic carboxylic acids is 1. The Bertz CT molecular complexity index is 1510. The molecule has 0 heterocycles. The monoisotopic (exact) mass is 578 g/mol. The summed E-state index contributed by atoms with van der Waals surface area (Å²) < 4.78 is 54.6. The Balaban J connectivity index is 1.58. The van der Waals surface area contributed by atoms with E-state index < -0.39 is 32.1 Å². The van der Waals surface area contributed by atoms with Crippen molar-refractivity contribution in [1.29, 1.82) is 0 Å². The van der Waals surface area contributed by atoms with Gasteiger partial charge in [0.2, 0.25) is 16.0 Å². The van der Waals surface area contributed by atoms with Gasteiger partial charge in [-0.1, -0.05) is 53.6 Å². The smallest absolute Gasteiger partial charge is 0.321 e. The summed E-state index contributed by atoms with van der Waals surface area (Å²) in [6.45, 7) is 1.80. The number of sulfonamides is 2. The number of nitrogens with one attached hydrogen (secondary N) is 2. The van der Waals surface area contributed by atoms with Crippen LogP contribution in [0, 0.1) is 6.92 Å². The SMILES string of the molecule is Cc1ccc(S(=O)(=O)NC(N)=NCCC[C@H](NS(=O)(=O)c2ccc(-c3ccc(Cl)cc3)cc2)C(=O)O)cc1. The van der Waals surface area contributed by atoms with E-state index in [1.807, 2.05) is 6.92 Å². The molecule has 13 heteroatoms. The number of rotatable bonds is 11. The summed E-state index contributed by atoms with van der Waals surface area (Å²) >= 11 is 5.90. The van der Waals surface area contributed by atoms with E-state index >= 15 is 0 Å². The normalized spacial score (nSPS) is 13.2. The first-order chi connectivity index (χ1) is 17.9. The largest absolute Gasteiger partial charge is 0.480 e. The maximum atomic E-state index is 12.8. The lowest BCUT2D eigenvalue weighted by atomic mass is 10.1. The molecule has 1 atom stereocenters. The third-order valence-electron chi connectivity index (χ3n) is 5.44. The standard InChI is InChI=1S/C25H27ClN4O6S2/c1-17-4-12-21(13-5-17)38(35,36)30-25(27)28-16-2-3-23(24(31)32)29-37(33,34)22-14-8-19(9-15-22)18-6-10-20(26)11-7-18/h4-15,23,29H,2-3,16H2,1H3,(H,31,32)(H3,27,28,30)/t23-/m0/s1. The fraction of sp³-hybridized carbons (Fsp3) is 0.200. The number of carboxylic acid groups (broad SMARTS) is 1. The summed E-state index contributed by atoms with van der Waals surface area (Å²) in [7, 11) is -8.04. The molecular weight excluding hydrogens is 552 g/mol. The number of hydrogen-bond donors (Lipinski definition) is 4. The molecule has 5 N–H and O–H groups in total. The van der Waals surface area contributed by atoms with Gasteiger partial charge in [0.05, 0.1) is 9.79 Å². The molecule has 10 nitrogen and oxygen atoms in total. The van der Waals surface area contributed by atoms with Crippen LogP contribution in [0.3, 0.4) is 0 Å². The van der Waals surface area contributed by atoms with Gasteiger partial charge in [0.1, 0.15) is 6.04 Å². The molecule has 0 bridgehead atoms. The minimum absolute atomic E-state index is 0.0165. The zero-order valence-corrected chi connectivity index (χ0v) is 22.7. The van der Waals surface area contributed by atoms with Crippen LogP contribution >= 0.6 is 11.6 Å². The van der Waals surface area contributed by atoms with Gasteiger partial charge in [0.15, 0.2) is 0 Å². The Hall–Kier alpha value is -3.45. The Morgan fingerprint density at radius 1 is 0.895 bits per heavy atom. The Morgan fingerprint density at radius 3 is 1.95 bits per heavy atom. The van der Waals surface area contributed by atoms with Crippen LogP contribution in [0.2, 0.25) is 5.02 Å². The first-order valence-corrected chi connectivity index (χ1v) is 14.7. The number of benzene rings is 3. The van der Waals surface area contributed by atoms with E-state index in [2.05, 4.69) is 14.4 Å². The zero-order valence-electron chi connectivity index (χ0n) is 20.3. The zero-order chi connectivity index (χ0) is 27.9. The summed E-state index contributed by atoms with van der Waals surface area (Å²) in [4.78, 5) is 15.5. The van der Waals surface area contributed by atoms with E-state index in [0.717, 1.165) is 16.7 Å². The summed E-state index contributed by atoms with van der Waals surface area (Å²) in [5.74, 6) is -1.72. The van der Waals surface area contributed by atoms with Gasteiger partial charge < -0.3 is 10.8 Å². The van der Waals surface area contributed by atoms with Crippen molar-refractivity contribution in [3.63, 3.8) is 0 Å². The lowest BCUT2D eigenvalue weighted by Crippen LogP contribution is -2.41. The third kappa shape index (κ3) is 8.02. The Labute approximate surface area is 226 Å². The number of carboxylic acids is 1. The molecule has 0 amide bonds. The van der Waals surface area contributed by atoms with Crippen LogP contribution < -0.4 is 15.2 Å². The minimum Gasteiger partial charge on any atom is -0.480 e. The average Bonchev–Trinajstić information content (AvgIpc) is 2.86. The van der Waals surface area contributed by atoms with Crippen molar-refractivity contribution < 1.29 is 26.7 Å². The molecule has 0 fully saturated rings. The van der Waals surface area contributed by atoms with Crippen LogP contribution in [0.5, 0.6) is 0 Å². The van der Waals surface area contributed by atoms with Crippen LogP contribution in [-0.4, -0.2) is 46.5 Å². The van der Waals surface area contributed by atoms with Gasteiger partial charge in [-0.3, -0.25) is 9.79 Å². The van der Waals surface area contributed by atoms with Gasteiger partial charge in [-0.25, -0.2) is 21.6 Å². The first-order valence-electron chi connectivity index (χ1n) is 11.4. The molecule has 0 aromatic heterocycles. The molecule has 3 aromatic carbocycles. The molecule has 0 aliphatic heterocycles. The number of guanidine groups is 1. The highest BCUT2D eigenvalue weighted by molar-refractivity contribution is 7.90. The molecule has 3 aromatic rings. The van der Waals surface area contributed by atoms with E-state index in [1.54, 1.807) is 48.5 Å². The number of aryl methyl sites for hydroxylation is 1. The molecule has 0 radical (unpaired) electrons. The predicted octanol–water partition coefficient (Wildman–Crippen LogP) is 3.12. The summed E-state index contributed by atoms with van der Waals surface area (Å²) in [5, 5.41) is 10.1. The van der Waals surface area contributed by atoms with Crippen molar-refractivity contribution in [1.82, 2.24) is 9.44 Å². The molecule has 38 heavy (non-hydrogen) atoms. The predicted molar refractivity (Wildman–Crippen MR) is 146 cm³/mol. The average molecular weight is 579 g/mol. The van der Waals surface area contributed by atoms with Gasteiger partial charge in [-0.15, -0.1) is 0 Å². The van der Waals surface area contributed by atoms with Gasteiger partial charge in [-0.2, -0.15) is 4.72 Å². The minimum atomic E-state index is -4.13. The van der Waals surface area contributed by atoms with Gasteiger partial charge in [-0.05, 0) is 67.3 Å². The second-order valence-electron chi connectivity index (χ2n) is 8.37.